The van der Waals surface area contributed by atoms with Gasteiger partial charge in [-0.05, 0) is 93.5 Å². The molecule has 5 nitrogen and oxygen atoms in total. The maximum absolute atomic E-state index is 14.7. The van der Waals surface area contributed by atoms with Crippen molar-refractivity contribution in [1.29, 1.82) is 0 Å². The molecule has 5 rings (SSSR count). The number of rotatable bonds is 6. The van der Waals surface area contributed by atoms with E-state index >= 15 is 0 Å². The number of hydrogen-bond acceptors (Lipinski definition) is 4. The number of fused-ring (bicyclic) bond motifs is 2. The van der Waals surface area contributed by atoms with Crippen molar-refractivity contribution in [2.24, 2.45) is 5.92 Å². The van der Waals surface area contributed by atoms with Crippen LogP contribution in [0.1, 0.15) is 79.4 Å². The maximum Gasteiger partial charge on any atom is 0.139 e. The summed E-state index contributed by atoms with van der Waals surface area (Å²) < 4.78 is 16.5. The van der Waals surface area contributed by atoms with Gasteiger partial charge in [-0.25, -0.2) is 9.37 Å². The molecule has 2 aliphatic rings. The molecule has 0 spiro atoms. The second kappa shape index (κ2) is 10.0. The predicted octanol–water partition coefficient (Wildman–Crippen LogP) is 5.59. The zero-order chi connectivity index (χ0) is 24.5. The number of nitrogens with one attached hydrogen (secondary N) is 1. The van der Waals surface area contributed by atoms with E-state index in [1.165, 1.54) is 35.7 Å². The molecule has 1 saturated heterocycles. The van der Waals surface area contributed by atoms with Gasteiger partial charge in [0.25, 0.3) is 0 Å². The molecule has 3 atom stereocenters. The summed E-state index contributed by atoms with van der Waals surface area (Å²) in [4.78, 5) is 22.0. The van der Waals surface area contributed by atoms with Crippen molar-refractivity contribution in [3.63, 3.8) is 0 Å². The molecule has 184 valence electrons. The number of carbonyl (C=O) groups is 1. The Morgan fingerprint density at radius 3 is 2.91 bits per heavy atom. The summed E-state index contributed by atoms with van der Waals surface area (Å²) >= 11 is 0. The Labute approximate surface area is 206 Å². The minimum Gasteiger partial charge on any atom is -0.314 e. The lowest BCUT2D eigenvalue weighted by Gasteiger charge is -2.30. The van der Waals surface area contributed by atoms with Crippen LogP contribution in [0.25, 0.3) is 11.2 Å². The average molecular weight is 475 g/mol. The number of allylic oxidation sites excluding steroid dienone is 1. The zero-order valence-electron chi connectivity index (χ0n) is 20.8. The number of nitrogens with zero attached hydrogens (tertiary/aromatic N) is 3. The van der Waals surface area contributed by atoms with E-state index in [2.05, 4.69) is 29.9 Å². The normalized spacial score (nSPS) is 22.5. The van der Waals surface area contributed by atoms with Crippen LogP contribution in [-0.2, 0) is 17.6 Å². The van der Waals surface area contributed by atoms with E-state index in [1.54, 1.807) is 10.6 Å². The minimum absolute atomic E-state index is 0.132. The number of aromatic nitrogens is 3. The number of ketones is 1. The van der Waals surface area contributed by atoms with Gasteiger partial charge in [0.15, 0.2) is 0 Å². The third kappa shape index (κ3) is 5.22. The first kappa shape index (κ1) is 23.9. The van der Waals surface area contributed by atoms with E-state index in [-0.39, 0.29) is 18.0 Å². The molecule has 0 radical (unpaired) electrons. The number of pyridine rings is 2. The lowest BCUT2D eigenvalue weighted by atomic mass is 9.83. The highest BCUT2D eigenvalue weighted by molar-refractivity contribution is 5.89. The van der Waals surface area contributed by atoms with Gasteiger partial charge < -0.3 is 9.72 Å². The first-order chi connectivity index (χ1) is 16.9. The molecule has 0 saturated carbocycles. The lowest BCUT2D eigenvalue weighted by molar-refractivity contribution is -0.119. The molecular weight excluding hydrogens is 439 g/mol. The number of imidazole rings is 1. The molecule has 0 amide bonds. The second-order valence-corrected chi connectivity index (χ2v) is 10.6. The maximum atomic E-state index is 14.7. The molecule has 0 bridgehead atoms. The van der Waals surface area contributed by atoms with Crippen molar-refractivity contribution in [1.82, 2.24) is 19.7 Å². The highest BCUT2D eigenvalue weighted by Crippen LogP contribution is 2.35. The summed E-state index contributed by atoms with van der Waals surface area (Å²) in [5.74, 6) is 0.674. The summed E-state index contributed by atoms with van der Waals surface area (Å²) in [5.41, 5.74) is 6.43. The van der Waals surface area contributed by atoms with Gasteiger partial charge in [0.05, 0.1) is 5.69 Å². The number of hydrogen-bond donors (Lipinski definition) is 1. The lowest BCUT2D eigenvalue weighted by Crippen LogP contribution is -2.35. The largest absolute Gasteiger partial charge is 0.314 e. The summed E-state index contributed by atoms with van der Waals surface area (Å²) in [6.07, 6.45) is 12.4. The predicted molar refractivity (Wildman–Crippen MR) is 137 cm³/mol. The molecule has 3 aromatic heterocycles. The number of aryl methyl sites for hydroxylation is 2. The zero-order valence-corrected chi connectivity index (χ0v) is 20.8. The molecule has 6 heteroatoms. The van der Waals surface area contributed by atoms with E-state index in [4.69, 9.17) is 4.98 Å². The second-order valence-electron chi connectivity index (χ2n) is 10.6. The van der Waals surface area contributed by atoms with Gasteiger partial charge in [-0.1, -0.05) is 6.58 Å². The Morgan fingerprint density at radius 1 is 1.26 bits per heavy atom. The fraction of sp³-hybridized carbons (Fsp3) is 0.483. The van der Waals surface area contributed by atoms with Crippen LogP contribution in [0.3, 0.4) is 0 Å². The van der Waals surface area contributed by atoms with E-state index in [0.29, 0.717) is 41.1 Å². The monoisotopic (exact) mass is 474 g/mol. The van der Waals surface area contributed by atoms with E-state index < -0.39 is 0 Å². The highest BCUT2D eigenvalue weighted by Gasteiger charge is 2.27. The van der Waals surface area contributed by atoms with Crippen LogP contribution in [-0.4, -0.2) is 32.7 Å². The third-order valence-electron chi connectivity index (χ3n) is 7.81. The van der Waals surface area contributed by atoms with Crippen molar-refractivity contribution in [2.75, 3.05) is 6.54 Å². The Hall–Kier alpha value is -2.86. The van der Waals surface area contributed by atoms with Gasteiger partial charge in [-0.15, -0.1) is 0 Å². The number of carbonyl (C=O) groups excluding carboxylic acids is 1. The van der Waals surface area contributed by atoms with Gasteiger partial charge in [0.1, 0.15) is 17.2 Å². The molecule has 3 aromatic rings. The SMILES string of the molecule is C=C(CC(=O)CC1CCc2nccc(C3CCN[C@@H](C)C3)c2CC1)c1cn2cc(C)nc2cc1F. The van der Waals surface area contributed by atoms with Gasteiger partial charge >= 0.3 is 0 Å². The molecule has 0 aromatic carbocycles. The fourth-order valence-corrected chi connectivity index (χ4v) is 6.02. The summed E-state index contributed by atoms with van der Waals surface area (Å²) in [7, 11) is 0. The smallest absolute Gasteiger partial charge is 0.139 e. The standard InChI is InChI=1S/C29H35FN4O/c1-18(26-17-34-16-20(3)33-29(34)15-27(26)30)12-23(35)14-21-4-6-25-24(9-11-32-28(25)7-5-21)22-8-10-31-19(2)13-22/h9,11,15-17,19,21-22,31H,1,4-8,10,12-14H2,2-3H3/t19-,21?,22?/m0/s1. The van der Waals surface area contributed by atoms with Crippen LogP contribution in [0.4, 0.5) is 4.39 Å². The Morgan fingerprint density at radius 2 is 2.09 bits per heavy atom. The Bertz CT molecular complexity index is 1260. The molecular formula is C29H35FN4O. The number of halogens is 1. The summed E-state index contributed by atoms with van der Waals surface area (Å²) in [6.45, 7) is 9.25. The van der Waals surface area contributed by atoms with E-state index in [9.17, 15) is 9.18 Å². The molecule has 1 aliphatic heterocycles. The Kier molecular flexibility index (Phi) is 6.83. The topological polar surface area (TPSA) is 59.3 Å². The van der Waals surface area contributed by atoms with Crippen molar-refractivity contribution >= 4 is 17.0 Å². The van der Waals surface area contributed by atoms with Crippen molar-refractivity contribution in [3.05, 3.63) is 71.2 Å². The van der Waals surface area contributed by atoms with Crippen LogP contribution in [0.5, 0.6) is 0 Å². The van der Waals surface area contributed by atoms with E-state index in [0.717, 1.165) is 37.9 Å². The average Bonchev–Trinajstić information content (AvgIpc) is 3.05. The van der Waals surface area contributed by atoms with Crippen LogP contribution in [0.2, 0.25) is 0 Å². The van der Waals surface area contributed by atoms with Crippen LogP contribution >= 0.6 is 0 Å². The van der Waals surface area contributed by atoms with Crippen LogP contribution in [0, 0.1) is 18.7 Å². The van der Waals surface area contributed by atoms with Gasteiger partial charge in [-0.2, -0.15) is 0 Å². The molecule has 2 unspecified atom stereocenters. The highest BCUT2D eigenvalue weighted by atomic mass is 19.1. The first-order valence-corrected chi connectivity index (χ1v) is 12.9. The van der Waals surface area contributed by atoms with Gasteiger partial charge in [-0.3, -0.25) is 9.78 Å². The molecule has 1 N–H and O–H groups in total. The molecule has 35 heavy (non-hydrogen) atoms. The van der Waals surface area contributed by atoms with E-state index in [1.807, 2.05) is 19.3 Å². The Balaban J connectivity index is 1.23. The van der Waals surface area contributed by atoms with Crippen molar-refractivity contribution < 1.29 is 9.18 Å². The fourth-order valence-electron chi connectivity index (χ4n) is 6.02. The minimum atomic E-state index is -0.378. The molecule has 4 heterocycles. The number of piperidine rings is 1. The number of Topliss-reactive ketones (excluding diaryl/α,β-unsaturated/α-hetero) is 1. The van der Waals surface area contributed by atoms with Crippen LogP contribution in [0.15, 0.2) is 37.3 Å². The van der Waals surface area contributed by atoms with Crippen molar-refractivity contribution in [2.45, 2.75) is 77.2 Å². The van der Waals surface area contributed by atoms with Crippen LogP contribution < -0.4 is 5.32 Å². The summed E-state index contributed by atoms with van der Waals surface area (Å²) in [5, 5.41) is 3.56. The van der Waals surface area contributed by atoms with Gasteiger partial charge in [0, 0.05) is 54.8 Å². The van der Waals surface area contributed by atoms with Gasteiger partial charge in [0.2, 0.25) is 0 Å². The molecule has 1 aliphatic carbocycles. The van der Waals surface area contributed by atoms with Crippen molar-refractivity contribution in [3.8, 4) is 0 Å². The summed E-state index contributed by atoms with van der Waals surface area (Å²) in [6, 6.07) is 4.18. The quantitative estimate of drug-likeness (QED) is 0.473. The third-order valence-corrected chi connectivity index (χ3v) is 7.81. The first-order valence-electron chi connectivity index (χ1n) is 12.9. The molecule has 1 fully saturated rings.